The Kier molecular flexibility index (Phi) is 3.95. The van der Waals surface area contributed by atoms with Crippen molar-refractivity contribution in [2.45, 2.75) is 4.90 Å². The van der Waals surface area contributed by atoms with Crippen molar-refractivity contribution in [3.8, 4) is 17.0 Å². The van der Waals surface area contributed by atoms with Crippen LogP contribution < -0.4 is 4.74 Å². The van der Waals surface area contributed by atoms with Crippen molar-refractivity contribution < 1.29 is 23.1 Å². The van der Waals surface area contributed by atoms with Gasteiger partial charge in [0.1, 0.15) is 5.75 Å². The lowest BCUT2D eigenvalue weighted by atomic mass is 10.1. The molecule has 1 aromatic heterocycles. The molecule has 0 atom stereocenters. The van der Waals surface area contributed by atoms with Gasteiger partial charge in [0.25, 0.3) is 0 Å². The van der Waals surface area contributed by atoms with E-state index in [0.717, 1.165) is 6.26 Å². The first-order chi connectivity index (χ1) is 9.81. The Balaban J connectivity index is 2.61. The summed E-state index contributed by atoms with van der Waals surface area (Å²) < 4.78 is 28.2. The number of carboxylic acids is 1. The number of carboxylic acid groups (broad SMARTS) is 1. The lowest BCUT2D eigenvalue weighted by molar-refractivity contribution is 0.0690. The molecule has 2 aromatic rings. The smallest absolute Gasteiger partial charge is 0.354 e. The van der Waals surface area contributed by atoms with Crippen LogP contribution in [0.1, 0.15) is 10.5 Å². The number of carbonyl (C=O) groups is 1. The zero-order chi connectivity index (χ0) is 15.6. The Morgan fingerprint density at radius 3 is 2.52 bits per heavy atom. The van der Waals surface area contributed by atoms with Gasteiger partial charge >= 0.3 is 5.97 Å². The zero-order valence-electron chi connectivity index (χ0n) is 11.4. The maximum Gasteiger partial charge on any atom is 0.354 e. The second-order valence-corrected chi connectivity index (χ2v) is 6.40. The SMILES string of the molecule is COc1cc(C(=O)O)nc(-c2cccc(S(C)(=O)=O)c2)c1. The van der Waals surface area contributed by atoms with E-state index in [0.29, 0.717) is 17.0 Å². The number of benzene rings is 1. The highest BCUT2D eigenvalue weighted by atomic mass is 32.2. The number of hydrogen-bond acceptors (Lipinski definition) is 5. The second kappa shape index (κ2) is 5.53. The van der Waals surface area contributed by atoms with Crippen LogP contribution >= 0.6 is 0 Å². The maximum atomic E-state index is 11.6. The minimum Gasteiger partial charge on any atom is -0.497 e. The van der Waals surface area contributed by atoms with Crippen molar-refractivity contribution in [1.29, 1.82) is 0 Å². The zero-order valence-corrected chi connectivity index (χ0v) is 12.2. The number of ether oxygens (including phenoxy) is 1. The highest BCUT2D eigenvalue weighted by Gasteiger charge is 2.13. The molecule has 1 heterocycles. The summed E-state index contributed by atoms with van der Waals surface area (Å²) in [5.41, 5.74) is 0.658. The maximum absolute atomic E-state index is 11.6. The third kappa shape index (κ3) is 3.38. The molecule has 0 aliphatic carbocycles. The standard InChI is InChI=1S/C14H13NO5S/c1-20-10-7-12(15-13(8-10)14(16)17)9-4-3-5-11(6-9)21(2,18)19/h3-8H,1-2H3,(H,16,17). The summed E-state index contributed by atoms with van der Waals surface area (Å²) in [6, 6.07) is 9.00. The van der Waals surface area contributed by atoms with Crippen LogP contribution in [0.5, 0.6) is 5.75 Å². The Hall–Kier alpha value is -2.41. The van der Waals surface area contributed by atoms with E-state index in [9.17, 15) is 13.2 Å². The van der Waals surface area contributed by atoms with Gasteiger partial charge in [0.15, 0.2) is 15.5 Å². The summed E-state index contributed by atoms with van der Waals surface area (Å²) in [5, 5.41) is 9.05. The molecule has 0 unspecified atom stereocenters. The van der Waals surface area contributed by atoms with Crippen molar-refractivity contribution in [3.63, 3.8) is 0 Å². The molecule has 2 rings (SSSR count). The summed E-state index contributed by atoms with van der Waals surface area (Å²) in [5.74, 6) is -0.850. The van der Waals surface area contributed by atoms with Gasteiger partial charge in [-0.25, -0.2) is 18.2 Å². The molecule has 7 heteroatoms. The van der Waals surface area contributed by atoms with Gasteiger partial charge < -0.3 is 9.84 Å². The third-order valence-electron chi connectivity index (χ3n) is 2.81. The van der Waals surface area contributed by atoms with Crippen LogP contribution in [0.15, 0.2) is 41.3 Å². The Bertz CT molecular complexity index is 799. The van der Waals surface area contributed by atoms with Crippen LogP contribution in [0.25, 0.3) is 11.3 Å². The van der Waals surface area contributed by atoms with E-state index in [4.69, 9.17) is 9.84 Å². The van der Waals surface area contributed by atoms with Gasteiger partial charge in [0.2, 0.25) is 0 Å². The number of pyridine rings is 1. The van der Waals surface area contributed by atoms with Crippen molar-refractivity contribution in [2.75, 3.05) is 13.4 Å². The topological polar surface area (TPSA) is 93.6 Å². The fourth-order valence-electron chi connectivity index (χ4n) is 1.77. The predicted octanol–water partition coefficient (Wildman–Crippen LogP) is 1.86. The van der Waals surface area contributed by atoms with E-state index in [1.54, 1.807) is 18.2 Å². The van der Waals surface area contributed by atoms with Crippen molar-refractivity contribution >= 4 is 15.8 Å². The molecule has 21 heavy (non-hydrogen) atoms. The van der Waals surface area contributed by atoms with Crippen molar-refractivity contribution in [3.05, 3.63) is 42.1 Å². The largest absolute Gasteiger partial charge is 0.497 e. The van der Waals surface area contributed by atoms with E-state index < -0.39 is 15.8 Å². The number of hydrogen-bond donors (Lipinski definition) is 1. The molecular formula is C14H13NO5S. The summed E-state index contributed by atoms with van der Waals surface area (Å²) in [6.45, 7) is 0. The number of aromatic carboxylic acids is 1. The first-order valence-corrected chi connectivity index (χ1v) is 7.80. The molecule has 1 aromatic carbocycles. The Morgan fingerprint density at radius 1 is 1.24 bits per heavy atom. The predicted molar refractivity (Wildman–Crippen MR) is 76.3 cm³/mol. The number of rotatable bonds is 4. The molecule has 0 amide bonds. The summed E-state index contributed by atoms with van der Waals surface area (Å²) in [7, 11) is -1.94. The average molecular weight is 307 g/mol. The first kappa shape index (κ1) is 15.0. The molecule has 0 aliphatic rings. The van der Waals surface area contributed by atoms with Crippen LogP contribution in [-0.4, -0.2) is 37.8 Å². The molecule has 0 spiro atoms. The van der Waals surface area contributed by atoms with Crippen LogP contribution in [0, 0.1) is 0 Å². The summed E-state index contributed by atoms with van der Waals surface area (Å²) in [4.78, 5) is 15.2. The molecule has 6 nitrogen and oxygen atoms in total. The van der Waals surface area contributed by atoms with Gasteiger partial charge in [-0.1, -0.05) is 12.1 Å². The second-order valence-electron chi connectivity index (χ2n) is 4.38. The lowest BCUT2D eigenvalue weighted by Crippen LogP contribution is -2.03. The normalized spacial score (nSPS) is 11.1. The van der Waals surface area contributed by atoms with Crippen LogP contribution in [0.3, 0.4) is 0 Å². The van der Waals surface area contributed by atoms with Gasteiger partial charge in [-0.3, -0.25) is 0 Å². The number of methoxy groups -OCH3 is 1. The minimum absolute atomic E-state index is 0.140. The van der Waals surface area contributed by atoms with Crippen LogP contribution in [0.4, 0.5) is 0 Å². The number of nitrogens with zero attached hydrogens (tertiary/aromatic N) is 1. The molecule has 0 radical (unpaired) electrons. The fraction of sp³-hybridized carbons (Fsp3) is 0.143. The first-order valence-electron chi connectivity index (χ1n) is 5.91. The van der Waals surface area contributed by atoms with E-state index in [1.807, 2.05) is 0 Å². The van der Waals surface area contributed by atoms with Gasteiger partial charge in [-0.2, -0.15) is 0 Å². The quantitative estimate of drug-likeness (QED) is 0.926. The third-order valence-corrected chi connectivity index (χ3v) is 3.92. The van der Waals surface area contributed by atoms with Gasteiger partial charge in [-0.15, -0.1) is 0 Å². The lowest BCUT2D eigenvalue weighted by Gasteiger charge is -2.07. The molecule has 1 N–H and O–H groups in total. The van der Waals surface area contributed by atoms with Gasteiger partial charge in [0, 0.05) is 24.0 Å². The van der Waals surface area contributed by atoms with Gasteiger partial charge in [0.05, 0.1) is 17.7 Å². The van der Waals surface area contributed by atoms with E-state index in [2.05, 4.69) is 4.98 Å². The minimum atomic E-state index is -3.35. The summed E-state index contributed by atoms with van der Waals surface area (Å²) >= 11 is 0. The molecule has 0 fully saturated rings. The summed E-state index contributed by atoms with van der Waals surface area (Å²) in [6.07, 6.45) is 1.10. The molecule has 0 bridgehead atoms. The molecule has 0 saturated heterocycles. The molecular weight excluding hydrogens is 294 g/mol. The highest BCUT2D eigenvalue weighted by molar-refractivity contribution is 7.90. The monoisotopic (exact) mass is 307 g/mol. The van der Waals surface area contributed by atoms with E-state index in [-0.39, 0.29) is 10.6 Å². The Morgan fingerprint density at radius 2 is 1.95 bits per heavy atom. The molecule has 0 aliphatic heterocycles. The number of sulfone groups is 1. The van der Waals surface area contributed by atoms with E-state index >= 15 is 0 Å². The number of aromatic nitrogens is 1. The van der Waals surface area contributed by atoms with Crippen LogP contribution in [-0.2, 0) is 9.84 Å². The van der Waals surface area contributed by atoms with Crippen molar-refractivity contribution in [2.24, 2.45) is 0 Å². The fourth-order valence-corrected chi connectivity index (χ4v) is 2.43. The average Bonchev–Trinajstić information content (AvgIpc) is 2.46. The van der Waals surface area contributed by atoms with Crippen molar-refractivity contribution in [1.82, 2.24) is 4.98 Å². The highest BCUT2D eigenvalue weighted by Crippen LogP contribution is 2.25. The molecule has 110 valence electrons. The Labute approximate surface area is 121 Å². The van der Waals surface area contributed by atoms with E-state index in [1.165, 1.54) is 25.3 Å². The van der Waals surface area contributed by atoms with Crippen LogP contribution in [0.2, 0.25) is 0 Å². The molecule has 0 saturated carbocycles. The van der Waals surface area contributed by atoms with Gasteiger partial charge in [-0.05, 0) is 12.1 Å².